The summed E-state index contributed by atoms with van der Waals surface area (Å²) in [5, 5.41) is 9.09. The van der Waals surface area contributed by atoms with Gasteiger partial charge in [-0.15, -0.1) is 0 Å². The first-order valence-corrected chi connectivity index (χ1v) is 6.22. The van der Waals surface area contributed by atoms with Crippen molar-refractivity contribution in [3.63, 3.8) is 0 Å². The Balaban J connectivity index is 2.33. The van der Waals surface area contributed by atoms with Gasteiger partial charge in [-0.05, 0) is 38.0 Å². The number of nitrogens with zero attached hydrogens (tertiary/aromatic N) is 2. The minimum atomic E-state index is -0.340. The van der Waals surface area contributed by atoms with Crippen LogP contribution in [-0.4, -0.2) is 12.6 Å². The molecule has 0 aliphatic heterocycles. The van der Waals surface area contributed by atoms with Crippen LogP contribution in [0.2, 0.25) is 0 Å². The molecule has 0 radical (unpaired) electrons. The molecular formula is C14H17FN2. The zero-order chi connectivity index (χ0) is 12.3. The molecule has 0 spiro atoms. The van der Waals surface area contributed by atoms with Crippen LogP contribution in [0.5, 0.6) is 0 Å². The van der Waals surface area contributed by atoms with Crippen molar-refractivity contribution >= 4 is 5.69 Å². The van der Waals surface area contributed by atoms with Gasteiger partial charge in [-0.1, -0.05) is 12.8 Å². The normalized spacial score (nSPS) is 15.8. The fourth-order valence-electron chi connectivity index (χ4n) is 2.69. The van der Waals surface area contributed by atoms with Gasteiger partial charge in [0.2, 0.25) is 0 Å². The molecule has 0 amide bonds. The summed E-state index contributed by atoms with van der Waals surface area (Å²) < 4.78 is 13.1. The van der Waals surface area contributed by atoms with Crippen LogP contribution in [0.25, 0.3) is 0 Å². The Labute approximate surface area is 102 Å². The first-order valence-electron chi connectivity index (χ1n) is 6.22. The lowest BCUT2D eigenvalue weighted by Gasteiger charge is -2.30. The third-order valence-electron chi connectivity index (χ3n) is 3.49. The molecule has 0 N–H and O–H groups in total. The third-order valence-corrected chi connectivity index (χ3v) is 3.49. The van der Waals surface area contributed by atoms with Crippen LogP contribution in [0, 0.1) is 17.1 Å². The van der Waals surface area contributed by atoms with Crippen molar-refractivity contribution < 1.29 is 4.39 Å². The van der Waals surface area contributed by atoms with Crippen molar-refractivity contribution in [1.82, 2.24) is 0 Å². The summed E-state index contributed by atoms with van der Waals surface area (Å²) in [6.07, 6.45) is 4.86. The summed E-state index contributed by atoms with van der Waals surface area (Å²) in [4.78, 5) is 2.24. The predicted octanol–water partition coefficient (Wildman–Crippen LogP) is 3.47. The van der Waals surface area contributed by atoms with Gasteiger partial charge < -0.3 is 4.90 Å². The maximum absolute atomic E-state index is 13.1. The van der Waals surface area contributed by atoms with Crippen LogP contribution < -0.4 is 4.90 Å². The van der Waals surface area contributed by atoms with E-state index in [1.54, 1.807) is 6.07 Å². The predicted molar refractivity (Wildman–Crippen MR) is 66.4 cm³/mol. The number of anilines is 1. The summed E-state index contributed by atoms with van der Waals surface area (Å²) >= 11 is 0. The van der Waals surface area contributed by atoms with Gasteiger partial charge in [0.1, 0.15) is 11.9 Å². The molecule has 0 atom stereocenters. The summed E-state index contributed by atoms with van der Waals surface area (Å²) in [6, 6.07) is 7.10. The average molecular weight is 232 g/mol. The van der Waals surface area contributed by atoms with Gasteiger partial charge >= 0.3 is 0 Å². The number of halogens is 1. The number of rotatable bonds is 3. The highest BCUT2D eigenvalue weighted by molar-refractivity contribution is 5.60. The van der Waals surface area contributed by atoms with Crippen LogP contribution in [0.1, 0.15) is 38.2 Å². The second-order valence-electron chi connectivity index (χ2n) is 4.50. The molecule has 1 saturated carbocycles. The monoisotopic (exact) mass is 232 g/mol. The highest BCUT2D eigenvalue weighted by atomic mass is 19.1. The molecule has 1 fully saturated rings. The van der Waals surface area contributed by atoms with Crippen molar-refractivity contribution in [3.8, 4) is 6.07 Å². The molecule has 0 unspecified atom stereocenters. The van der Waals surface area contributed by atoms with Crippen molar-refractivity contribution in [2.75, 3.05) is 11.4 Å². The highest BCUT2D eigenvalue weighted by Crippen LogP contribution is 2.30. The molecule has 0 aromatic heterocycles. The van der Waals surface area contributed by atoms with Gasteiger partial charge in [-0.2, -0.15) is 5.26 Å². The van der Waals surface area contributed by atoms with E-state index in [1.807, 2.05) is 0 Å². The van der Waals surface area contributed by atoms with Crippen LogP contribution >= 0.6 is 0 Å². The Morgan fingerprint density at radius 1 is 1.41 bits per heavy atom. The number of hydrogen-bond donors (Lipinski definition) is 0. The van der Waals surface area contributed by atoms with Crippen LogP contribution in [0.3, 0.4) is 0 Å². The smallest absolute Gasteiger partial charge is 0.124 e. The number of nitriles is 1. The third kappa shape index (κ3) is 2.41. The quantitative estimate of drug-likeness (QED) is 0.798. The second kappa shape index (κ2) is 5.18. The van der Waals surface area contributed by atoms with Gasteiger partial charge in [-0.3, -0.25) is 0 Å². The Morgan fingerprint density at radius 3 is 2.71 bits per heavy atom. The largest absolute Gasteiger partial charge is 0.368 e. The lowest BCUT2D eigenvalue weighted by Crippen LogP contribution is -2.33. The maximum atomic E-state index is 13.1. The van der Waals surface area contributed by atoms with Gasteiger partial charge in [0, 0.05) is 12.6 Å². The summed E-state index contributed by atoms with van der Waals surface area (Å²) in [7, 11) is 0. The second-order valence-corrected chi connectivity index (χ2v) is 4.50. The first kappa shape index (κ1) is 11.9. The number of hydrogen-bond acceptors (Lipinski definition) is 2. The van der Waals surface area contributed by atoms with E-state index in [-0.39, 0.29) is 5.82 Å². The molecular weight excluding hydrogens is 215 g/mol. The molecule has 2 rings (SSSR count). The van der Waals surface area contributed by atoms with E-state index in [1.165, 1.54) is 37.8 Å². The fraction of sp³-hybridized carbons (Fsp3) is 0.500. The van der Waals surface area contributed by atoms with Crippen molar-refractivity contribution in [2.45, 2.75) is 38.6 Å². The van der Waals surface area contributed by atoms with E-state index in [0.29, 0.717) is 11.6 Å². The van der Waals surface area contributed by atoms with Gasteiger partial charge in [-0.25, -0.2) is 4.39 Å². The fourth-order valence-corrected chi connectivity index (χ4v) is 2.69. The summed E-state index contributed by atoms with van der Waals surface area (Å²) in [5.74, 6) is -0.340. The van der Waals surface area contributed by atoms with E-state index < -0.39 is 0 Å². The molecule has 17 heavy (non-hydrogen) atoms. The Hall–Kier alpha value is -1.56. The van der Waals surface area contributed by atoms with Gasteiger partial charge in [0.25, 0.3) is 0 Å². The van der Waals surface area contributed by atoms with E-state index in [2.05, 4.69) is 17.9 Å². The minimum Gasteiger partial charge on any atom is -0.368 e. The lowest BCUT2D eigenvalue weighted by atomic mass is 10.1. The molecule has 1 aliphatic carbocycles. The standard InChI is InChI=1S/C14H17FN2/c1-2-17(13-5-3-4-6-13)14-8-7-12(15)9-11(14)10-16/h7-9,13H,2-6H2,1H3. The topological polar surface area (TPSA) is 27.0 Å². The maximum Gasteiger partial charge on any atom is 0.124 e. The molecule has 0 saturated heterocycles. The average Bonchev–Trinajstić information content (AvgIpc) is 2.85. The molecule has 1 aliphatic rings. The zero-order valence-corrected chi connectivity index (χ0v) is 10.1. The van der Waals surface area contributed by atoms with Crippen molar-refractivity contribution in [2.24, 2.45) is 0 Å². The molecule has 3 heteroatoms. The van der Waals surface area contributed by atoms with Gasteiger partial charge in [0.15, 0.2) is 0 Å². The first-order chi connectivity index (χ1) is 8.26. The molecule has 1 aromatic carbocycles. The van der Waals surface area contributed by atoms with Crippen LogP contribution in [-0.2, 0) is 0 Å². The molecule has 0 bridgehead atoms. The van der Waals surface area contributed by atoms with E-state index in [4.69, 9.17) is 5.26 Å². The molecule has 0 heterocycles. The van der Waals surface area contributed by atoms with Crippen molar-refractivity contribution in [1.29, 1.82) is 5.26 Å². The number of benzene rings is 1. The highest BCUT2D eigenvalue weighted by Gasteiger charge is 2.23. The molecule has 2 nitrogen and oxygen atoms in total. The van der Waals surface area contributed by atoms with E-state index in [0.717, 1.165) is 12.2 Å². The molecule has 1 aromatic rings. The Morgan fingerprint density at radius 2 is 2.12 bits per heavy atom. The van der Waals surface area contributed by atoms with E-state index in [9.17, 15) is 4.39 Å². The summed E-state index contributed by atoms with van der Waals surface area (Å²) in [5.41, 5.74) is 1.32. The van der Waals surface area contributed by atoms with Crippen LogP contribution in [0.15, 0.2) is 18.2 Å². The van der Waals surface area contributed by atoms with Crippen LogP contribution in [0.4, 0.5) is 10.1 Å². The Kier molecular flexibility index (Phi) is 3.63. The minimum absolute atomic E-state index is 0.340. The summed E-state index contributed by atoms with van der Waals surface area (Å²) in [6.45, 7) is 2.95. The zero-order valence-electron chi connectivity index (χ0n) is 10.1. The molecule has 90 valence electrons. The SMILES string of the molecule is CCN(c1ccc(F)cc1C#N)C1CCCC1. The van der Waals surface area contributed by atoms with E-state index >= 15 is 0 Å². The van der Waals surface area contributed by atoms with Crippen molar-refractivity contribution in [3.05, 3.63) is 29.6 Å². The van der Waals surface area contributed by atoms with Gasteiger partial charge in [0.05, 0.1) is 11.3 Å². The Bertz CT molecular complexity index is 430. The lowest BCUT2D eigenvalue weighted by molar-refractivity contribution is 0.611.